The Kier molecular flexibility index (Phi) is 5.21. The summed E-state index contributed by atoms with van der Waals surface area (Å²) in [5.74, 6) is -0.110. The summed E-state index contributed by atoms with van der Waals surface area (Å²) in [5, 5.41) is 9.63. The first kappa shape index (κ1) is 18.7. The van der Waals surface area contributed by atoms with Gasteiger partial charge in [-0.3, -0.25) is 4.79 Å². The maximum atomic E-state index is 12.5. The van der Waals surface area contributed by atoms with Gasteiger partial charge in [0.25, 0.3) is 0 Å². The third-order valence-electron chi connectivity index (χ3n) is 4.75. The number of hydrogen-bond donors (Lipinski definition) is 1. The van der Waals surface area contributed by atoms with Crippen molar-refractivity contribution in [2.45, 2.75) is 43.4 Å². The van der Waals surface area contributed by atoms with Crippen LogP contribution in [0, 0.1) is 0 Å². The number of nitrogens with zero attached hydrogens (tertiary/aromatic N) is 2. The number of hydrogen-bond acceptors (Lipinski definition) is 8. The van der Waals surface area contributed by atoms with Crippen LogP contribution in [-0.2, 0) is 14.6 Å². The Morgan fingerprint density at radius 3 is 2.61 bits per heavy atom. The number of nitrogens with one attached hydrogen (secondary N) is 1. The van der Waals surface area contributed by atoms with E-state index in [9.17, 15) is 13.2 Å². The molecule has 0 atom stereocenters. The molecule has 2 aromatic rings. The van der Waals surface area contributed by atoms with E-state index in [4.69, 9.17) is 13.9 Å². The highest BCUT2D eigenvalue weighted by atomic mass is 32.2. The molecule has 1 N–H and O–H groups in total. The van der Waals surface area contributed by atoms with Crippen molar-refractivity contribution in [1.82, 2.24) is 15.5 Å². The first-order chi connectivity index (χ1) is 13.5. The molecule has 1 amide bonds. The minimum Gasteiger partial charge on any atom is -0.486 e. The molecule has 2 heterocycles. The molecule has 1 aromatic heterocycles. The maximum Gasteiger partial charge on any atom is 0.336 e. The predicted octanol–water partition coefficient (Wildman–Crippen LogP) is 1.73. The summed E-state index contributed by atoms with van der Waals surface area (Å²) in [6, 6.07) is 5.05. The molecule has 1 aliphatic heterocycles. The van der Waals surface area contributed by atoms with E-state index in [2.05, 4.69) is 15.5 Å². The molecular weight excluding hydrogens is 386 g/mol. The fourth-order valence-corrected chi connectivity index (χ4v) is 4.30. The third kappa shape index (κ3) is 4.11. The Bertz CT molecular complexity index is 965. The van der Waals surface area contributed by atoms with Crippen LogP contribution in [0.2, 0.25) is 0 Å². The molecule has 1 fully saturated rings. The van der Waals surface area contributed by atoms with Crippen molar-refractivity contribution < 1.29 is 27.1 Å². The summed E-state index contributed by atoms with van der Waals surface area (Å²) in [5.41, 5.74) is 0.504. The van der Waals surface area contributed by atoms with Crippen LogP contribution in [0.3, 0.4) is 0 Å². The Morgan fingerprint density at radius 1 is 1.07 bits per heavy atom. The number of amides is 1. The number of sulfone groups is 1. The average molecular weight is 407 g/mol. The van der Waals surface area contributed by atoms with Gasteiger partial charge >= 0.3 is 5.22 Å². The van der Waals surface area contributed by atoms with E-state index >= 15 is 0 Å². The van der Waals surface area contributed by atoms with Crippen molar-refractivity contribution in [3.05, 3.63) is 18.2 Å². The Balaban J connectivity index is 1.46. The Morgan fingerprint density at radius 2 is 1.82 bits per heavy atom. The highest BCUT2D eigenvalue weighted by Crippen LogP contribution is 2.34. The lowest BCUT2D eigenvalue weighted by Crippen LogP contribution is -2.39. The van der Waals surface area contributed by atoms with Crippen LogP contribution in [-0.4, -0.2) is 49.5 Å². The van der Waals surface area contributed by atoms with Gasteiger partial charge in [-0.2, -0.15) is 0 Å². The minimum absolute atomic E-state index is 0.0308. The van der Waals surface area contributed by atoms with E-state index in [1.54, 1.807) is 18.2 Å². The molecule has 1 aromatic carbocycles. The van der Waals surface area contributed by atoms with Gasteiger partial charge in [-0.1, -0.05) is 24.4 Å². The van der Waals surface area contributed by atoms with E-state index in [1.807, 2.05) is 0 Å². The van der Waals surface area contributed by atoms with Crippen LogP contribution >= 0.6 is 0 Å². The molecule has 1 aliphatic carbocycles. The van der Waals surface area contributed by atoms with Crippen molar-refractivity contribution in [3.63, 3.8) is 0 Å². The van der Waals surface area contributed by atoms with Crippen LogP contribution in [0.4, 0.5) is 0 Å². The van der Waals surface area contributed by atoms with Gasteiger partial charge in [-0.25, -0.2) is 8.42 Å². The Labute approximate surface area is 162 Å². The van der Waals surface area contributed by atoms with E-state index in [0.717, 1.165) is 32.1 Å². The van der Waals surface area contributed by atoms with Gasteiger partial charge in [-0.15, -0.1) is 5.10 Å². The molecule has 0 radical (unpaired) electrons. The second-order valence-corrected chi connectivity index (χ2v) is 8.76. The lowest BCUT2D eigenvalue weighted by Gasteiger charge is -2.22. The normalized spacial score (nSPS) is 17.3. The standard InChI is InChI=1S/C18H21N3O6S/c22-16(19-13-4-2-1-3-5-13)11-28(23,24)18-21-20-17(27-18)12-6-7-14-15(10-12)26-9-8-25-14/h6-7,10,13H,1-5,8-9,11H2,(H,19,22). The van der Waals surface area contributed by atoms with Gasteiger partial charge in [0.1, 0.15) is 19.0 Å². The lowest BCUT2D eigenvalue weighted by atomic mass is 9.95. The molecule has 9 nitrogen and oxygen atoms in total. The van der Waals surface area contributed by atoms with Crippen molar-refractivity contribution >= 4 is 15.7 Å². The molecule has 28 heavy (non-hydrogen) atoms. The van der Waals surface area contributed by atoms with Gasteiger partial charge in [0.05, 0.1) is 0 Å². The molecule has 0 saturated heterocycles. The highest BCUT2D eigenvalue weighted by Gasteiger charge is 2.28. The van der Waals surface area contributed by atoms with Crippen molar-refractivity contribution in [3.8, 4) is 23.0 Å². The zero-order valence-corrected chi connectivity index (χ0v) is 16.0. The number of ether oxygens (including phenoxy) is 2. The fraction of sp³-hybridized carbons (Fsp3) is 0.500. The first-order valence-electron chi connectivity index (χ1n) is 9.27. The van der Waals surface area contributed by atoms with E-state index < -0.39 is 26.7 Å². The van der Waals surface area contributed by atoms with Crippen LogP contribution < -0.4 is 14.8 Å². The number of carbonyl (C=O) groups is 1. The molecule has 2 aliphatic rings. The summed E-state index contributed by atoms with van der Waals surface area (Å²) in [4.78, 5) is 12.1. The third-order valence-corrected chi connectivity index (χ3v) is 6.09. The van der Waals surface area contributed by atoms with E-state index in [0.29, 0.717) is 30.3 Å². The zero-order valence-electron chi connectivity index (χ0n) is 15.2. The lowest BCUT2D eigenvalue weighted by molar-refractivity contribution is -0.119. The molecule has 150 valence electrons. The molecule has 10 heteroatoms. The topological polar surface area (TPSA) is 121 Å². The van der Waals surface area contributed by atoms with Crippen molar-refractivity contribution in [2.75, 3.05) is 19.0 Å². The van der Waals surface area contributed by atoms with Gasteiger partial charge in [0.15, 0.2) is 11.5 Å². The zero-order chi connectivity index (χ0) is 19.6. The van der Waals surface area contributed by atoms with Crippen molar-refractivity contribution in [1.29, 1.82) is 0 Å². The van der Waals surface area contributed by atoms with Crippen LogP contribution in [0.15, 0.2) is 27.8 Å². The van der Waals surface area contributed by atoms with Gasteiger partial charge < -0.3 is 19.2 Å². The summed E-state index contributed by atoms with van der Waals surface area (Å²) in [7, 11) is -4.02. The highest BCUT2D eigenvalue weighted by molar-refractivity contribution is 7.91. The molecule has 4 rings (SSSR count). The fourth-order valence-electron chi connectivity index (χ4n) is 3.38. The minimum atomic E-state index is -4.02. The summed E-state index contributed by atoms with van der Waals surface area (Å²) >= 11 is 0. The molecule has 0 bridgehead atoms. The second-order valence-electron chi connectivity index (χ2n) is 6.89. The van der Waals surface area contributed by atoms with E-state index in [-0.39, 0.29) is 11.9 Å². The number of carbonyl (C=O) groups excluding carboxylic acids is 1. The van der Waals surface area contributed by atoms with Gasteiger partial charge in [0, 0.05) is 11.6 Å². The van der Waals surface area contributed by atoms with Crippen LogP contribution in [0.25, 0.3) is 11.5 Å². The Hall–Kier alpha value is -2.62. The predicted molar refractivity (Wildman–Crippen MR) is 97.8 cm³/mol. The molecule has 0 unspecified atom stereocenters. The van der Waals surface area contributed by atoms with Gasteiger partial charge in [0.2, 0.25) is 21.6 Å². The number of aromatic nitrogens is 2. The summed E-state index contributed by atoms with van der Waals surface area (Å²) < 4.78 is 41.2. The SMILES string of the molecule is O=C(CS(=O)(=O)c1nnc(-c2ccc3c(c2)OCCO3)o1)NC1CCCCC1. The summed E-state index contributed by atoms with van der Waals surface area (Å²) in [6.45, 7) is 0.897. The van der Waals surface area contributed by atoms with Crippen molar-refractivity contribution in [2.24, 2.45) is 0 Å². The number of rotatable bonds is 5. The summed E-state index contributed by atoms with van der Waals surface area (Å²) in [6.07, 6.45) is 4.98. The molecular formula is C18H21N3O6S. The van der Waals surface area contributed by atoms with Crippen LogP contribution in [0.5, 0.6) is 11.5 Å². The van der Waals surface area contributed by atoms with Crippen LogP contribution in [0.1, 0.15) is 32.1 Å². The number of fused-ring (bicyclic) bond motifs is 1. The monoisotopic (exact) mass is 407 g/mol. The first-order valence-corrected chi connectivity index (χ1v) is 10.9. The average Bonchev–Trinajstić information content (AvgIpc) is 3.19. The largest absolute Gasteiger partial charge is 0.486 e. The smallest absolute Gasteiger partial charge is 0.336 e. The molecule has 1 saturated carbocycles. The van der Waals surface area contributed by atoms with Gasteiger partial charge in [-0.05, 0) is 31.0 Å². The quantitative estimate of drug-likeness (QED) is 0.795. The number of benzene rings is 1. The second kappa shape index (κ2) is 7.78. The molecule has 0 spiro atoms. The maximum absolute atomic E-state index is 12.5. The van der Waals surface area contributed by atoms with E-state index in [1.165, 1.54) is 0 Å².